The Morgan fingerprint density at radius 3 is 1.49 bits per heavy atom. The van der Waals surface area contributed by atoms with Crippen molar-refractivity contribution in [2.45, 2.75) is 314 Å². The topological polar surface area (TPSA) is 175 Å². The molecule has 0 radical (unpaired) electrons. The zero-order valence-corrected chi connectivity index (χ0v) is 46.3. The van der Waals surface area contributed by atoms with Gasteiger partial charge in [0.05, 0.1) is 25.4 Å². The molecule has 8 atom stereocenters. The van der Waals surface area contributed by atoms with Gasteiger partial charge in [0.1, 0.15) is 24.4 Å². The number of allylic oxidation sites excluding steroid dienone is 7. The van der Waals surface area contributed by atoms with Gasteiger partial charge in [0.15, 0.2) is 12.4 Å². The van der Waals surface area contributed by atoms with Crippen molar-refractivity contribution in [1.29, 1.82) is 0 Å². The molecule has 1 amide bonds. The van der Waals surface area contributed by atoms with Crippen molar-refractivity contribution in [2.75, 3.05) is 13.2 Å². The highest BCUT2D eigenvalue weighted by Gasteiger charge is 2.47. The van der Waals surface area contributed by atoms with E-state index in [0.717, 1.165) is 89.9 Å². The van der Waals surface area contributed by atoms with E-state index in [4.69, 9.17) is 14.2 Å². The van der Waals surface area contributed by atoms with Crippen LogP contribution < -0.4 is 5.32 Å². The van der Waals surface area contributed by atoms with Crippen LogP contribution >= 0.6 is 0 Å². The van der Waals surface area contributed by atoms with E-state index in [-0.39, 0.29) is 13.0 Å². The van der Waals surface area contributed by atoms with Gasteiger partial charge in [0, 0.05) is 6.42 Å². The molecule has 0 saturated carbocycles. The van der Waals surface area contributed by atoms with E-state index in [2.05, 4.69) is 56.5 Å². The van der Waals surface area contributed by atoms with Crippen molar-refractivity contribution in [1.82, 2.24) is 5.32 Å². The van der Waals surface area contributed by atoms with Crippen molar-refractivity contribution >= 4 is 11.9 Å². The molecule has 1 rings (SSSR count). The summed E-state index contributed by atoms with van der Waals surface area (Å²) in [6.45, 7) is 5.66. The molecule has 1 aliphatic rings. The van der Waals surface area contributed by atoms with Gasteiger partial charge >= 0.3 is 5.97 Å². The molecule has 0 aromatic carbocycles. The van der Waals surface area contributed by atoms with Gasteiger partial charge in [-0.05, 0) is 44.9 Å². The number of esters is 1. The van der Waals surface area contributed by atoms with Gasteiger partial charge in [0.25, 0.3) is 0 Å². The standard InChI is InChI=1S/C61H111NO10/c1-4-7-10-13-16-19-22-25-27-29-30-33-36-39-42-45-48-54(65)60(69)62-52(53(64)47-44-41-38-35-32-24-21-18-15-12-9-6-3)51-70-61-59(58(68)57(67)55(50-63)71-61)72-56(66)49-46-43-40-37-34-31-28-26-23-20-17-14-11-8-5-2/h8,11,14,17,20,23,44,47,52-55,57-59,61,63-65,67-68H,4-7,9-10,12-13,15-16,18-19,21-22,24-43,45-46,48-51H2,1-3H3,(H,62,69)/b11-8+,17-14+,23-20+,47-44+. The average Bonchev–Trinajstić information content (AvgIpc) is 3.38. The summed E-state index contributed by atoms with van der Waals surface area (Å²) in [5.41, 5.74) is 0. The molecule has 0 aliphatic carbocycles. The first-order valence-electron chi connectivity index (χ1n) is 29.9. The Morgan fingerprint density at radius 2 is 1.00 bits per heavy atom. The predicted molar refractivity (Wildman–Crippen MR) is 297 cm³/mol. The third-order valence-electron chi connectivity index (χ3n) is 14.1. The number of carbonyl (C=O) groups is 2. The highest BCUT2D eigenvalue weighted by molar-refractivity contribution is 5.80. The van der Waals surface area contributed by atoms with E-state index >= 15 is 0 Å². The van der Waals surface area contributed by atoms with Gasteiger partial charge in [0.2, 0.25) is 5.91 Å². The number of nitrogens with one attached hydrogen (secondary N) is 1. The minimum absolute atomic E-state index is 0.111. The number of aliphatic hydroxyl groups is 5. The minimum atomic E-state index is -1.62. The lowest BCUT2D eigenvalue weighted by Crippen LogP contribution is -2.61. The van der Waals surface area contributed by atoms with Gasteiger partial charge in [-0.1, -0.05) is 262 Å². The maximum Gasteiger partial charge on any atom is 0.306 e. The molecule has 11 heteroatoms. The summed E-state index contributed by atoms with van der Waals surface area (Å²) in [4.78, 5) is 26.5. The molecule has 72 heavy (non-hydrogen) atoms. The average molecular weight is 1020 g/mol. The summed E-state index contributed by atoms with van der Waals surface area (Å²) in [5, 5.41) is 56.9. The fourth-order valence-corrected chi connectivity index (χ4v) is 9.30. The Bertz CT molecular complexity index is 1350. The number of rotatable bonds is 50. The Morgan fingerprint density at radius 1 is 0.556 bits per heavy atom. The third kappa shape index (κ3) is 37.4. The summed E-state index contributed by atoms with van der Waals surface area (Å²) in [7, 11) is 0. The Kier molecular flexibility index (Phi) is 46.5. The van der Waals surface area contributed by atoms with E-state index in [1.165, 1.54) is 128 Å². The van der Waals surface area contributed by atoms with Crippen LogP contribution in [-0.2, 0) is 23.8 Å². The largest absolute Gasteiger partial charge is 0.454 e. The quantitative estimate of drug-likeness (QED) is 0.0149. The lowest BCUT2D eigenvalue weighted by atomic mass is 9.99. The molecule has 420 valence electrons. The van der Waals surface area contributed by atoms with Gasteiger partial charge in [-0.2, -0.15) is 0 Å². The second-order valence-electron chi connectivity index (χ2n) is 20.8. The molecule has 11 nitrogen and oxygen atoms in total. The number of aliphatic hydroxyl groups excluding tert-OH is 5. The number of hydrogen-bond acceptors (Lipinski definition) is 10. The van der Waals surface area contributed by atoms with Crippen LogP contribution in [0.2, 0.25) is 0 Å². The summed E-state index contributed by atoms with van der Waals surface area (Å²) in [6, 6.07) is -1.02. The zero-order chi connectivity index (χ0) is 52.5. The molecule has 0 bridgehead atoms. The molecule has 6 N–H and O–H groups in total. The molecule has 0 aromatic rings. The fourth-order valence-electron chi connectivity index (χ4n) is 9.30. The van der Waals surface area contributed by atoms with Crippen LogP contribution in [0.3, 0.4) is 0 Å². The Labute approximate surface area is 440 Å². The van der Waals surface area contributed by atoms with Crippen LogP contribution in [0.15, 0.2) is 48.6 Å². The normalized spacial score (nSPS) is 19.8. The minimum Gasteiger partial charge on any atom is -0.454 e. The summed E-state index contributed by atoms with van der Waals surface area (Å²) in [6.07, 6.45) is 48.6. The molecular formula is C61H111NO10. The van der Waals surface area contributed by atoms with Crippen LogP contribution in [0.4, 0.5) is 0 Å². The highest BCUT2D eigenvalue weighted by Crippen LogP contribution is 2.26. The molecule has 1 heterocycles. The van der Waals surface area contributed by atoms with Crippen molar-refractivity contribution in [2.24, 2.45) is 0 Å². The Balaban J connectivity index is 2.71. The zero-order valence-electron chi connectivity index (χ0n) is 46.3. The molecule has 0 spiro atoms. The lowest BCUT2D eigenvalue weighted by molar-refractivity contribution is -0.305. The molecule has 1 aliphatic heterocycles. The van der Waals surface area contributed by atoms with Crippen LogP contribution in [0.25, 0.3) is 0 Å². The van der Waals surface area contributed by atoms with Gasteiger partial charge < -0.3 is 45.1 Å². The summed E-state index contributed by atoms with van der Waals surface area (Å²) >= 11 is 0. The maximum absolute atomic E-state index is 13.4. The van der Waals surface area contributed by atoms with Crippen LogP contribution in [-0.4, -0.2) is 99.6 Å². The van der Waals surface area contributed by atoms with Crippen molar-refractivity contribution in [3.8, 4) is 0 Å². The first-order chi connectivity index (χ1) is 35.2. The van der Waals surface area contributed by atoms with Gasteiger partial charge in [-0.15, -0.1) is 0 Å². The van der Waals surface area contributed by atoms with E-state index in [9.17, 15) is 35.1 Å². The number of amides is 1. The molecule has 8 unspecified atom stereocenters. The Hall–Kier alpha value is -2.38. The smallest absolute Gasteiger partial charge is 0.306 e. The number of hydrogen-bond donors (Lipinski definition) is 6. The van der Waals surface area contributed by atoms with Crippen LogP contribution in [0, 0.1) is 0 Å². The molecule has 0 aromatic heterocycles. The second-order valence-corrected chi connectivity index (χ2v) is 20.8. The first-order valence-corrected chi connectivity index (χ1v) is 29.9. The monoisotopic (exact) mass is 1020 g/mol. The highest BCUT2D eigenvalue weighted by atomic mass is 16.7. The van der Waals surface area contributed by atoms with Crippen LogP contribution in [0.1, 0.15) is 265 Å². The van der Waals surface area contributed by atoms with E-state index in [0.29, 0.717) is 19.3 Å². The number of carbonyl (C=O) groups excluding carboxylic acids is 2. The van der Waals surface area contributed by atoms with Crippen LogP contribution in [0.5, 0.6) is 0 Å². The maximum atomic E-state index is 13.4. The first kappa shape index (κ1) is 67.6. The van der Waals surface area contributed by atoms with Crippen molar-refractivity contribution in [3.63, 3.8) is 0 Å². The predicted octanol–water partition coefficient (Wildman–Crippen LogP) is 13.7. The van der Waals surface area contributed by atoms with E-state index in [1.54, 1.807) is 6.08 Å². The van der Waals surface area contributed by atoms with E-state index < -0.39 is 67.4 Å². The van der Waals surface area contributed by atoms with Crippen molar-refractivity contribution in [3.05, 3.63) is 48.6 Å². The van der Waals surface area contributed by atoms with Gasteiger partial charge in [-0.3, -0.25) is 9.59 Å². The fraction of sp³-hybridized carbons (Fsp3) is 0.836. The SMILES string of the molecule is CC/C=C/C=C/C=C/CCCCCCCCCC(=O)OC1C(OCC(NC(=O)C(O)CCCCCCCCCCCCCCCCCC)C(O)/C=C/CCCCCCCCCCCC)OC(CO)C(O)C1O. The van der Waals surface area contributed by atoms with Gasteiger partial charge in [-0.25, -0.2) is 0 Å². The third-order valence-corrected chi connectivity index (χ3v) is 14.1. The second kappa shape index (κ2) is 49.5. The van der Waals surface area contributed by atoms with Crippen molar-refractivity contribution < 1.29 is 49.3 Å². The molecular weight excluding hydrogens is 907 g/mol. The summed E-state index contributed by atoms with van der Waals surface area (Å²) < 4.78 is 17.6. The van der Waals surface area contributed by atoms with E-state index in [1.807, 2.05) is 12.2 Å². The summed E-state index contributed by atoms with van der Waals surface area (Å²) in [5.74, 6) is -1.20. The number of ether oxygens (including phenoxy) is 3. The molecule has 1 fully saturated rings. The molecule has 1 saturated heterocycles. The lowest BCUT2D eigenvalue weighted by Gasteiger charge is -2.41. The number of unbranched alkanes of at least 4 members (excludes halogenated alkanes) is 32.